The summed E-state index contributed by atoms with van der Waals surface area (Å²) >= 11 is 7.33. The van der Waals surface area contributed by atoms with Gasteiger partial charge in [0, 0.05) is 34.1 Å². The fraction of sp³-hybridized carbons (Fsp3) is 0.222. The van der Waals surface area contributed by atoms with Crippen LogP contribution in [0.2, 0.25) is 5.02 Å². The second-order valence-corrected chi connectivity index (χ2v) is 6.85. The number of carbonyl (C=O) groups excluding carboxylic acids is 2. The highest BCUT2D eigenvalue weighted by Crippen LogP contribution is 2.24. The average molecular weight is 346 g/mol. The molecule has 1 fully saturated rings. The zero-order chi connectivity index (χ0) is 16.2. The summed E-state index contributed by atoms with van der Waals surface area (Å²) in [6.45, 7) is 0.762. The lowest BCUT2D eigenvalue weighted by atomic mass is 10.1. The molecule has 1 amide bonds. The van der Waals surface area contributed by atoms with Gasteiger partial charge in [-0.05, 0) is 55.0 Å². The van der Waals surface area contributed by atoms with Crippen LogP contribution >= 0.6 is 23.4 Å². The number of carbonyl (C=O) groups is 2. The predicted molar refractivity (Wildman–Crippen MR) is 94.5 cm³/mol. The molecule has 1 aliphatic heterocycles. The van der Waals surface area contributed by atoms with Gasteiger partial charge in [-0.25, -0.2) is 0 Å². The zero-order valence-electron chi connectivity index (χ0n) is 12.5. The molecule has 0 aromatic heterocycles. The molecule has 0 aliphatic carbocycles. The highest BCUT2D eigenvalue weighted by molar-refractivity contribution is 8.00. The fourth-order valence-electron chi connectivity index (χ4n) is 2.51. The van der Waals surface area contributed by atoms with Crippen LogP contribution in [0.15, 0.2) is 53.4 Å². The molecule has 0 radical (unpaired) electrons. The maximum Gasteiger partial charge on any atom is 0.227 e. The summed E-state index contributed by atoms with van der Waals surface area (Å²) in [6, 6.07) is 14.7. The molecule has 118 valence electrons. The van der Waals surface area contributed by atoms with Gasteiger partial charge in [0.1, 0.15) is 0 Å². The average Bonchev–Trinajstić information content (AvgIpc) is 3.00. The van der Waals surface area contributed by atoms with E-state index in [0.717, 1.165) is 23.5 Å². The minimum Gasteiger partial charge on any atom is -0.312 e. The topological polar surface area (TPSA) is 37.4 Å². The van der Waals surface area contributed by atoms with Gasteiger partial charge in [-0.3, -0.25) is 9.59 Å². The first-order valence-corrected chi connectivity index (χ1v) is 8.82. The van der Waals surface area contributed by atoms with Crippen molar-refractivity contribution >= 4 is 40.7 Å². The van der Waals surface area contributed by atoms with Crippen LogP contribution in [0.3, 0.4) is 0 Å². The van der Waals surface area contributed by atoms with Crippen LogP contribution < -0.4 is 4.90 Å². The Hall–Kier alpha value is -1.78. The highest BCUT2D eigenvalue weighted by Gasteiger charge is 2.21. The van der Waals surface area contributed by atoms with Crippen LogP contribution in [0.1, 0.15) is 23.2 Å². The molecule has 23 heavy (non-hydrogen) atoms. The number of thioether (sulfide) groups is 1. The van der Waals surface area contributed by atoms with E-state index in [1.54, 1.807) is 17.0 Å². The van der Waals surface area contributed by atoms with Crippen molar-refractivity contribution in [2.75, 3.05) is 17.2 Å². The predicted octanol–water partition coefficient (Wildman–Crippen LogP) is 4.44. The minimum atomic E-state index is 0.0734. The SMILES string of the molecule is O=C(CSc1ccc(Cl)cc1)c1ccc(N2CCCC2=O)cc1. The molecular weight excluding hydrogens is 330 g/mol. The van der Waals surface area contributed by atoms with Gasteiger partial charge in [-0.15, -0.1) is 11.8 Å². The van der Waals surface area contributed by atoms with Crippen molar-refractivity contribution in [2.24, 2.45) is 0 Å². The molecule has 0 bridgehead atoms. The van der Waals surface area contributed by atoms with Crippen molar-refractivity contribution in [3.8, 4) is 0 Å². The van der Waals surface area contributed by atoms with Gasteiger partial charge >= 0.3 is 0 Å². The molecule has 1 saturated heterocycles. The second kappa shape index (κ2) is 7.20. The summed E-state index contributed by atoms with van der Waals surface area (Å²) in [7, 11) is 0. The molecule has 0 N–H and O–H groups in total. The zero-order valence-corrected chi connectivity index (χ0v) is 14.1. The van der Waals surface area contributed by atoms with E-state index in [1.807, 2.05) is 36.4 Å². The number of amides is 1. The van der Waals surface area contributed by atoms with Gasteiger partial charge in [0.15, 0.2) is 5.78 Å². The molecule has 3 nitrogen and oxygen atoms in total. The normalized spacial score (nSPS) is 14.3. The number of hydrogen-bond acceptors (Lipinski definition) is 3. The highest BCUT2D eigenvalue weighted by atomic mass is 35.5. The number of anilines is 1. The second-order valence-electron chi connectivity index (χ2n) is 5.36. The first-order valence-electron chi connectivity index (χ1n) is 7.45. The van der Waals surface area contributed by atoms with E-state index < -0.39 is 0 Å². The standard InChI is InChI=1S/C18H16ClNO2S/c19-14-5-9-16(10-6-14)23-12-17(21)13-3-7-15(8-4-13)20-11-1-2-18(20)22/h3-10H,1-2,11-12H2. The number of hydrogen-bond donors (Lipinski definition) is 0. The lowest BCUT2D eigenvalue weighted by Gasteiger charge is -2.15. The number of ketones is 1. The lowest BCUT2D eigenvalue weighted by Crippen LogP contribution is -2.23. The first kappa shape index (κ1) is 16.1. The van der Waals surface area contributed by atoms with Gasteiger partial charge in [0.2, 0.25) is 5.91 Å². The molecule has 1 heterocycles. The fourth-order valence-corrected chi connectivity index (χ4v) is 3.43. The molecule has 3 rings (SSSR count). The van der Waals surface area contributed by atoms with Crippen molar-refractivity contribution in [1.82, 2.24) is 0 Å². The maximum atomic E-state index is 12.3. The Morgan fingerprint density at radius 2 is 1.78 bits per heavy atom. The molecule has 0 saturated carbocycles. The minimum absolute atomic E-state index is 0.0734. The summed E-state index contributed by atoms with van der Waals surface area (Å²) in [5.74, 6) is 0.607. The summed E-state index contributed by atoms with van der Waals surface area (Å²) in [6.07, 6.45) is 1.51. The molecule has 0 atom stereocenters. The van der Waals surface area contributed by atoms with Crippen molar-refractivity contribution in [2.45, 2.75) is 17.7 Å². The number of Topliss-reactive ketones (excluding diaryl/α,β-unsaturated/α-hetero) is 1. The van der Waals surface area contributed by atoms with Crippen molar-refractivity contribution in [1.29, 1.82) is 0 Å². The van der Waals surface area contributed by atoms with E-state index in [1.165, 1.54) is 11.8 Å². The van der Waals surface area contributed by atoms with E-state index >= 15 is 0 Å². The molecule has 0 spiro atoms. The Labute approximate surface area is 144 Å². The van der Waals surface area contributed by atoms with Crippen LogP contribution in [-0.2, 0) is 4.79 Å². The largest absolute Gasteiger partial charge is 0.312 e. The molecule has 2 aromatic rings. The Morgan fingerprint density at radius 1 is 1.09 bits per heavy atom. The van der Waals surface area contributed by atoms with Gasteiger partial charge in [0.25, 0.3) is 0 Å². The molecule has 0 unspecified atom stereocenters. The number of nitrogens with zero attached hydrogens (tertiary/aromatic N) is 1. The lowest BCUT2D eigenvalue weighted by molar-refractivity contribution is -0.117. The van der Waals surface area contributed by atoms with E-state index in [4.69, 9.17) is 11.6 Å². The van der Waals surface area contributed by atoms with Gasteiger partial charge in [-0.1, -0.05) is 11.6 Å². The third-order valence-electron chi connectivity index (χ3n) is 3.76. The summed E-state index contributed by atoms with van der Waals surface area (Å²) in [4.78, 5) is 26.8. The van der Waals surface area contributed by atoms with E-state index in [0.29, 0.717) is 22.8 Å². The number of benzene rings is 2. The Kier molecular flexibility index (Phi) is 5.03. The Balaban J connectivity index is 1.61. The van der Waals surface area contributed by atoms with Crippen molar-refractivity contribution in [3.05, 3.63) is 59.1 Å². The van der Waals surface area contributed by atoms with Gasteiger partial charge in [0.05, 0.1) is 5.75 Å². The summed E-state index contributed by atoms with van der Waals surface area (Å²) in [5.41, 5.74) is 1.54. The monoisotopic (exact) mass is 345 g/mol. The number of halogens is 1. The Morgan fingerprint density at radius 3 is 2.39 bits per heavy atom. The quantitative estimate of drug-likeness (QED) is 0.593. The molecule has 2 aromatic carbocycles. The van der Waals surface area contributed by atoms with Crippen LogP contribution in [0.5, 0.6) is 0 Å². The van der Waals surface area contributed by atoms with Crippen molar-refractivity contribution in [3.63, 3.8) is 0 Å². The van der Waals surface area contributed by atoms with Crippen LogP contribution in [0, 0.1) is 0 Å². The number of rotatable bonds is 5. The third kappa shape index (κ3) is 3.95. The van der Waals surface area contributed by atoms with E-state index in [2.05, 4.69) is 0 Å². The first-order chi connectivity index (χ1) is 11.1. The van der Waals surface area contributed by atoms with Crippen LogP contribution in [0.25, 0.3) is 0 Å². The van der Waals surface area contributed by atoms with E-state index in [9.17, 15) is 9.59 Å². The van der Waals surface area contributed by atoms with Gasteiger partial charge in [-0.2, -0.15) is 0 Å². The summed E-state index contributed by atoms with van der Waals surface area (Å²) < 4.78 is 0. The third-order valence-corrected chi connectivity index (χ3v) is 5.02. The van der Waals surface area contributed by atoms with Gasteiger partial charge < -0.3 is 4.90 Å². The smallest absolute Gasteiger partial charge is 0.227 e. The summed E-state index contributed by atoms with van der Waals surface area (Å²) in [5, 5.41) is 0.688. The van der Waals surface area contributed by atoms with Crippen LogP contribution in [0.4, 0.5) is 5.69 Å². The maximum absolute atomic E-state index is 12.3. The van der Waals surface area contributed by atoms with E-state index in [-0.39, 0.29) is 11.7 Å². The molecule has 1 aliphatic rings. The molecular formula is C18H16ClNO2S. The van der Waals surface area contributed by atoms with Crippen LogP contribution in [-0.4, -0.2) is 24.0 Å². The van der Waals surface area contributed by atoms with Crippen molar-refractivity contribution < 1.29 is 9.59 Å². The Bertz CT molecular complexity index is 713. The molecule has 5 heteroatoms.